The van der Waals surface area contributed by atoms with Gasteiger partial charge in [-0.05, 0) is 0 Å². The Labute approximate surface area is 218 Å². The summed E-state index contributed by atoms with van der Waals surface area (Å²) in [6.45, 7) is 0.0713. The summed E-state index contributed by atoms with van der Waals surface area (Å²) < 4.78 is 43.5. The first-order valence-electron chi connectivity index (χ1n) is 11.4. The number of fused-ring (bicyclic) bond motifs is 1. The Morgan fingerprint density at radius 1 is 1.11 bits per heavy atom. The second-order valence-electron chi connectivity index (χ2n) is 8.30. The molecule has 2 N–H and O–H groups in total. The molecule has 0 aromatic carbocycles. The third-order valence-corrected chi connectivity index (χ3v) is 21.5. The van der Waals surface area contributed by atoms with Gasteiger partial charge >= 0.3 is 220 Å². The van der Waals surface area contributed by atoms with Gasteiger partial charge in [0.1, 0.15) is 0 Å². The fourth-order valence-electron chi connectivity index (χ4n) is 4.13. The summed E-state index contributed by atoms with van der Waals surface area (Å²) in [6.07, 6.45) is -0.317. The zero-order chi connectivity index (χ0) is 25.9. The summed E-state index contributed by atoms with van der Waals surface area (Å²) in [6, 6.07) is 0.872. The molecular weight excluding hydrogens is 709 g/mol. The minimum atomic E-state index is -4.50. The predicted molar refractivity (Wildman–Crippen MR) is 144 cm³/mol. The van der Waals surface area contributed by atoms with Gasteiger partial charge in [-0.25, -0.2) is 0 Å². The van der Waals surface area contributed by atoms with E-state index < -0.39 is 57.2 Å². The van der Waals surface area contributed by atoms with Crippen molar-refractivity contribution in [3.63, 3.8) is 0 Å². The maximum atomic E-state index is 12.9. The van der Waals surface area contributed by atoms with Crippen LogP contribution in [0.15, 0.2) is 21.9 Å². The maximum absolute atomic E-state index is 12.9. The van der Waals surface area contributed by atoms with E-state index in [1.54, 1.807) is 0 Å². The number of nitrogens with one attached hydrogen (secondary N) is 2. The fourth-order valence-corrected chi connectivity index (χ4v) is 24.4. The van der Waals surface area contributed by atoms with Crippen LogP contribution < -0.4 is 16.6 Å². The van der Waals surface area contributed by atoms with Gasteiger partial charge in [-0.2, -0.15) is 0 Å². The number of carbonyl (C=O) groups is 2. The molecule has 0 bridgehead atoms. The van der Waals surface area contributed by atoms with Gasteiger partial charge in [0.05, 0.1) is 0 Å². The second kappa shape index (κ2) is 11.7. The summed E-state index contributed by atoms with van der Waals surface area (Å²) in [5, 5.41) is 2.65. The van der Waals surface area contributed by atoms with Gasteiger partial charge in [-0.3, -0.25) is 0 Å². The van der Waals surface area contributed by atoms with Crippen LogP contribution in [0.4, 0.5) is 13.2 Å². The van der Waals surface area contributed by atoms with Crippen molar-refractivity contribution in [2.75, 3.05) is 24.3 Å². The molecule has 0 atom stereocenters. The van der Waals surface area contributed by atoms with Crippen molar-refractivity contribution in [2.45, 2.75) is 44.8 Å². The van der Waals surface area contributed by atoms with Crippen LogP contribution in [0.2, 0.25) is 0 Å². The summed E-state index contributed by atoms with van der Waals surface area (Å²) >= 11 is -3.93. The van der Waals surface area contributed by atoms with Crippen molar-refractivity contribution in [3.8, 4) is 0 Å². The van der Waals surface area contributed by atoms with Crippen molar-refractivity contribution >= 4 is 49.3 Å². The van der Waals surface area contributed by atoms with Gasteiger partial charge in [-0.15, -0.1) is 0 Å². The van der Waals surface area contributed by atoms with Crippen LogP contribution in [-0.2, 0) is 35.2 Å². The molecule has 1 aliphatic heterocycles. The normalized spacial score (nSPS) is 18.0. The molecule has 0 spiro atoms. The van der Waals surface area contributed by atoms with Gasteiger partial charge in [-0.1, -0.05) is 0 Å². The number of hydrogen-bond acceptors (Lipinski definition) is 6. The molecule has 198 valence electrons. The molecule has 3 heterocycles. The molecule has 1 aliphatic carbocycles. The molecule has 0 radical (unpaired) electrons. The van der Waals surface area contributed by atoms with Gasteiger partial charge in [0.2, 0.25) is 0 Å². The molecule has 2 aromatic rings. The third kappa shape index (κ3) is 6.52. The van der Waals surface area contributed by atoms with Crippen molar-refractivity contribution in [3.05, 3.63) is 53.9 Å². The van der Waals surface area contributed by atoms with Crippen LogP contribution in [0, 0.1) is 3.83 Å². The monoisotopic (exact) mass is 735 g/mol. The Morgan fingerprint density at radius 2 is 1.83 bits per heavy atom. The van der Waals surface area contributed by atoms with Crippen LogP contribution in [0.5, 0.6) is 0 Å². The van der Waals surface area contributed by atoms with Crippen molar-refractivity contribution in [2.24, 2.45) is 0 Å². The number of hydrogen-bond donors (Lipinski definition) is 2. The van der Waals surface area contributed by atoms with Gasteiger partial charge in [0.25, 0.3) is 0 Å². The zero-order valence-corrected chi connectivity index (χ0v) is 23.6. The van der Waals surface area contributed by atoms with Crippen LogP contribution in [0.1, 0.15) is 36.2 Å². The quantitative estimate of drug-likeness (QED) is 0.195. The molecule has 2 aliphatic rings. The van der Waals surface area contributed by atoms with E-state index in [9.17, 15) is 32.3 Å². The van der Waals surface area contributed by atoms with Crippen LogP contribution >= 0.6 is 39.6 Å². The SMILES string of the molecule is O=C(CCn1c2c(c(=O)[nH]c1=O)CCCC2)NCC(=O)I1CCI(c2nccc(C(F)(F)F)n2)CC1. The summed E-state index contributed by atoms with van der Waals surface area (Å²) in [4.78, 5) is 59.5. The number of aromatic amines is 1. The first kappa shape index (κ1) is 27.2. The molecule has 1 fully saturated rings. The van der Waals surface area contributed by atoms with E-state index in [0.29, 0.717) is 36.8 Å². The fraction of sp³-hybridized carbons (Fsp3) is 0.545. The molecule has 0 unspecified atom stereocenters. The van der Waals surface area contributed by atoms with Gasteiger partial charge in [0.15, 0.2) is 0 Å². The third-order valence-electron chi connectivity index (χ3n) is 6.00. The molecule has 2 aromatic heterocycles. The molecule has 36 heavy (non-hydrogen) atoms. The van der Waals surface area contributed by atoms with E-state index >= 15 is 0 Å². The van der Waals surface area contributed by atoms with E-state index in [1.165, 1.54) is 4.57 Å². The average Bonchev–Trinajstić information content (AvgIpc) is 2.87. The topological polar surface area (TPSA) is 127 Å². The number of halogens is 5. The van der Waals surface area contributed by atoms with Crippen molar-refractivity contribution < 1.29 is 22.8 Å². The van der Waals surface area contributed by atoms with Gasteiger partial charge in [0, 0.05) is 0 Å². The number of amides is 1. The Bertz CT molecular complexity index is 1260. The number of carbonyl (C=O) groups excluding carboxylic acids is 2. The number of aromatic nitrogens is 4. The Hall–Kier alpha value is -1.85. The van der Waals surface area contributed by atoms with Gasteiger partial charge < -0.3 is 0 Å². The first-order valence-corrected chi connectivity index (χ1v) is 19.7. The van der Waals surface area contributed by atoms with E-state index in [1.807, 2.05) is 0 Å². The van der Waals surface area contributed by atoms with Crippen molar-refractivity contribution in [1.82, 2.24) is 24.8 Å². The van der Waals surface area contributed by atoms with E-state index in [0.717, 1.165) is 34.0 Å². The molecule has 4 rings (SSSR count). The zero-order valence-electron chi connectivity index (χ0n) is 19.3. The molecule has 0 saturated carbocycles. The number of nitrogens with zero attached hydrogens (tertiary/aromatic N) is 3. The van der Waals surface area contributed by atoms with E-state index in [4.69, 9.17) is 0 Å². The summed E-state index contributed by atoms with van der Waals surface area (Å²) in [5.41, 5.74) is -0.501. The second-order valence-corrected chi connectivity index (χ2v) is 20.0. The molecular formula is C22H26F3I2N5O4. The molecule has 1 amide bonds. The van der Waals surface area contributed by atoms with E-state index in [2.05, 4.69) is 20.3 Å². The van der Waals surface area contributed by atoms with Crippen molar-refractivity contribution in [1.29, 1.82) is 0 Å². The number of rotatable bonds is 7. The van der Waals surface area contributed by atoms with Crippen LogP contribution in [0.25, 0.3) is 0 Å². The first-order chi connectivity index (χ1) is 17.1. The molecule has 9 nitrogen and oxygen atoms in total. The Kier molecular flexibility index (Phi) is 8.83. The Balaban J connectivity index is 1.25. The standard InChI is InChI=1S/C22H26F3I2N5O4/c23-22(24,25)16-5-11-28-20(30-16)27-9-7-26(8-10-27)17(33)13-29-18(34)6-12-32-15-4-2-1-3-14(15)19(35)31-21(32)36/h5,11H,1-4,6-10,12-13H2,(H,29,34)(H,31,35,36). The summed E-state index contributed by atoms with van der Waals surface area (Å²) in [5.74, 6) is -0.343. The number of H-pyrrole nitrogens is 1. The minimum absolute atomic E-state index is 0.0165. The summed E-state index contributed by atoms with van der Waals surface area (Å²) in [7, 11) is 0. The van der Waals surface area contributed by atoms with Crippen LogP contribution in [0.3, 0.4) is 0 Å². The van der Waals surface area contributed by atoms with Crippen LogP contribution in [-0.4, -0.2) is 53.5 Å². The van der Waals surface area contributed by atoms with E-state index in [-0.39, 0.29) is 34.8 Å². The Morgan fingerprint density at radius 3 is 2.56 bits per heavy atom. The molecule has 1 saturated heterocycles. The number of alkyl halides is 7. The predicted octanol–water partition coefficient (Wildman–Crippen LogP) is 2.15. The molecule has 14 heteroatoms. The average molecular weight is 735 g/mol.